The van der Waals surface area contributed by atoms with Crippen LogP contribution in [0.2, 0.25) is 0 Å². The van der Waals surface area contributed by atoms with E-state index in [0.29, 0.717) is 77.0 Å². The predicted octanol–water partition coefficient (Wildman–Crippen LogP) is -6.50. The molecule has 3 aliphatic rings. The van der Waals surface area contributed by atoms with Crippen LogP contribution in [0.3, 0.4) is 0 Å². The van der Waals surface area contributed by atoms with Crippen molar-refractivity contribution in [3.63, 3.8) is 0 Å². The Labute approximate surface area is 542 Å². The highest BCUT2D eigenvalue weighted by atomic mass is 16.7. The molecule has 0 aromatic heterocycles. The smallest absolute Gasteiger partial charge is 0.237 e. The molecule has 9 amide bonds. The zero-order valence-corrected chi connectivity index (χ0v) is 54.0. The number of hydrogen-bond donors (Lipinski definition) is 18. The summed E-state index contributed by atoms with van der Waals surface area (Å²) < 4.78 is 33.8. The lowest BCUT2D eigenvalue weighted by Gasteiger charge is -2.42. The monoisotopic (exact) mass is 1340 g/mol. The fourth-order valence-electron chi connectivity index (χ4n) is 10.5. The summed E-state index contributed by atoms with van der Waals surface area (Å²) in [5.41, 5.74) is 0. The molecule has 0 aromatic rings. The molecule has 0 aromatic carbocycles. The van der Waals surface area contributed by atoms with Gasteiger partial charge >= 0.3 is 0 Å². The summed E-state index contributed by atoms with van der Waals surface area (Å²) in [6.45, 7) is 4.69. The number of nitrogens with zero attached hydrogens (tertiary/aromatic N) is 1. The van der Waals surface area contributed by atoms with Gasteiger partial charge in [0.15, 0.2) is 18.9 Å². The maximum atomic E-state index is 13.7. The van der Waals surface area contributed by atoms with E-state index < -0.39 is 153 Å². The Balaban J connectivity index is 1.42. The Hall–Kier alpha value is -5.41. The number of aliphatic hydroxyl groups is 9. The minimum Gasteiger partial charge on any atom is -0.394 e. The summed E-state index contributed by atoms with van der Waals surface area (Å²) in [6, 6.07) is -4.11. The minimum absolute atomic E-state index is 0.144. The van der Waals surface area contributed by atoms with E-state index in [1.807, 2.05) is 0 Å². The largest absolute Gasteiger partial charge is 0.394 e. The van der Waals surface area contributed by atoms with Crippen molar-refractivity contribution in [1.29, 1.82) is 0 Å². The van der Waals surface area contributed by atoms with Gasteiger partial charge in [-0.15, -0.1) is 0 Å². The van der Waals surface area contributed by atoms with Gasteiger partial charge in [0, 0.05) is 99.1 Å². The molecule has 34 nitrogen and oxygen atoms in total. The Morgan fingerprint density at radius 2 is 0.667 bits per heavy atom. The van der Waals surface area contributed by atoms with Crippen molar-refractivity contribution in [1.82, 2.24) is 52.8 Å². The van der Waals surface area contributed by atoms with Crippen LogP contribution in [0.5, 0.6) is 0 Å². The molecule has 0 radical (unpaired) electrons. The summed E-state index contributed by atoms with van der Waals surface area (Å²) in [5, 5.41) is 115. The van der Waals surface area contributed by atoms with Crippen molar-refractivity contribution >= 4 is 53.2 Å². The summed E-state index contributed by atoms with van der Waals surface area (Å²) in [4.78, 5) is 115. The van der Waals surface area contributed by atoms with Crippen molar-refractivity contribution in [2.24, 2.45) is 0 Å². The molecule has 7 unspecified atom stereocenters. The SMILES string of the molecule is CCC(C(=O)NCCCNC(=O)CCCCCO[C@@H]1OC(CO)[C@H](O)C(O)[C@@H]1NC(C)=O)N(CC(=O)NCCCNC(=O)CCCCCO[C@@H]1OC(CO)[C@H](O)[C@H](O)C1NC(C)=O)CC(=O)NCCCNC(=O)CCCCCO[C@@H]1OC(CO)[C@H](O)C(O)[C@@H]1NC(C)=O. The molecular weight excluding hydrogens is 1230 g/mol. The third-order valence-electron chi connectivity index (χ3n) is 15.5. The zero-order valence-electron chi connectivity index (χ0n) is 54.0. The van der Waals surface area contributed by atoms with Gasteiger partial charge in [-0.25, -0.2) is 0 Å². The lowest BCUT2D eigenvalue weighted by Crippen LogP contribution is -2.64. The lowest BCUT2D eigenvalue weighted by molar-refractivity contribution is -0.270. The molecule has 3 rings (SSSR count). The number of rotatable bonds is 46. The first kappa shape index (κ1) is 81.8. The average Bonchev–Trinajstić information content (AvgIpc) is 0.865. The van der Waals surface area contributed by atoms with E-state index in [4.69, 9.17) is 28.4 Å². The molecule has 0 saturated carbocycles. The van der Waals surface area contributed by atoms with Crippen molar-refractivity contribution in [2.45, 2.75) is 228 Å². The Morgan fingerprint density at radius 3 is 0.935 bits per heavy atom. The topological polar surface area (TPSA) is 503 Å². The van der Waals surface area contributed by atoms with Crippen LogP contribution in [-0.4, -0.2) is 294 Å². The van der Waals surface area contributed by atoms with Crippen LogP contribution in [0.25, 0.3) is 0 Å². The molecular formula is C59H106N10O24. The highest BCUT2D eigenvalue weighted by Gasteiger charge is 2.48. The maximum absolute atomic E-state index is 13.7. The van der Waals surface area contributed by atoms with Crippen LogP contribution in [0.15, 0.2) is 0 Å². The number of ether oxygens (including phenoxy) is 6. The number of carbonyl (C=O) groups is 9. The molecule has 34 heteroatoms. The molecule has 16 atom stereocenters. The fourth-order valence-corrected chi connectivity index (χ4v) is 10.5. The van der Waals surface area contributed by atoms with Gasteiger partial charge < -0.3 is 122 Å². The van der Waals surface area contributed by atoms with E-state index in [-0.39, 0.29) is 116 Å². The summed E-state index contributed by atoms with van der Waals surface area (Å²) >= 11 is 0. The minimum atomic E-state index is -1.44. The first-order chi connectivity index (χ1) is 44.5. The van der Waals surface area contributed by atoms with E-state index in [9.17, 15) is 89.1 Å². The van der Waals surface area contributed by atoms with Crippen LogP contribution in [-0.2, 0) is 71.6 Å². The molecule has 0 spiro atoms. The van der Waals surface area contributed by atoms with Crippen molar-refractivity contribution in [3.05, 3.63) is 0 Å². The number of hydrogen-bond acceptors (Lipinski definition) is 25. The van der Waals surface area contributed by atoms with Crippen LogP contribution < -0.4 is 47.9 Å². The van der Waals surface area contributed by atoms with Gasteiger partial charge in [0.25, 0.3) is 0 Å². The van der Waals surface area contributed by atoms with Crippen LogP contribution in [0, 0.1) is 0 Å². The van der Waals surface area contributed by atoms with Gasteiger partial charge in [-0.05, 0) is 64.2 Å². The van der Waals surface area contributed by atoms with Crippen LogP contribution >= 0.6 is 0 Å². The molecule has 3 aliphatic heterocycles. The average molecular weight is 1340 g/mol. The fraction of sp³-hybridized carbons (Fsp3) is 0.847. The molecule has 3 heterocycles. The standard InChI is InChI=1S/C59H106N10O24/c1-5-38(56(87)65-26-17-23-62-44(78)20-11-8-14-29-90-59-49(68-37(4)75)55(86)52(83)41(34-72)93-59)69(30-45(79)63-24-15-21-60-42(76)18-9-6-12-27-88-57-47(66-35(2)73)53(84)50(81)39(32-70)91-57)31-46(80)64-25-16-22-61-43(77)19-10-7-13-28-89-58-48(67-36(3)74)54(85)51(82)40(33-71)92-58/h38-41,47-55,57-59,70-72,81-86H,5-34H2,1-4H3,(H,60,76)(H,61,77)(H,62,78)(H,63,79)(H,64,80)(H,65,87)(H,66,73)(H,67,74)(H,68,75)/t38?,39?,40?,41?,47-,48?,49-,50-,51-,52-,53?,54+,55?,57+,58+,59+/m0/s1. The number of nitrogens with one attached hydrogen (secondary N) is 9. The van der Waals surface area contributed by atoms with Crippen molar-refractivity contribution in [3.8, 4) is 0 Å². The number of amides is 9. The Morgan fingerprint density at radius 1 is 0.387 bits per heavy atom. The second kappa shape index (κ2) is 45.9. The van der Waals surface area contributed by atoms with E-state index >= 15 is 0 Å². The zero-order chi connectivity index (χ0) is 68.8. The number of unbranched alkanes of at least 4 members (excludes halogenated alkanes) is 6. The highest BCUT2D eigenvalue weighted by molar-refractivity contribution is 5.86. The van der Waals surface area contributed by atoms with Gasteiger partial charge in [-0.1, -0.05) is 26.2 Å². The summed E-state index contributed by atoms with van der Waals surface area (Å²) in [5.74, 6) is -3.50. The quantitative estimate of drug-likeness (QED) is 0.0252. The Bertz CT molecular complexity index is 2150. The summed E-state index contributed by atoms with van der Waals surface area (Å²) in [7, 11) is 0. The maximum Gasteiger partial charge on any atom is 0.237 e. The first-order valence-corrected chi connectivity index (χ1v) is 32.3. The molecule has 3 saturated heterocycles. The van der Waals surface area contributed by atoms with E-state index in [1.165, 1.54) is 25.7 Å². The molecule has 93 heavy (non-hydrogen) atoms. The molecule has 3 fully saturated rings. The molecule has 0 bridgehead atoms. The van der Waals surface area contributed by atoms with Gasteiger partial charge in [0.1, 0.15) is 73.1 Å². The van der Waals surface area contributed by atoms with Crippen molar-refractivity contribution < 1.29 is 118 Å². The predicted molar refractivity (Wildman–Crippen MR) is 327 cm³/mol. The third kappa shape index (κ3) is 30.9. The number of carbonyl (C=O) groups excluding carboxylic acids is 9. The van der Waals surface area contributed by atoms with E-state index in [0.717, 1.165) is 0 Å². The number of aliphatic hydroxyl groups excluding tert-OH is 9. The second-order valence-electron chi connectivity index (χ2n) is 23.3. The van der Waals surface area contributed by atoms with Gasteiger partial charge in [0.05, 0.1) is 39.0 Å². The molecule has 18 N–H and O–H groups in total. The molecule has 0 aliphatic carbocycles. The van der Waals surface area contributed by atoms with E-state index in [2.05, 4.69) is 47.9 Å². The van der Waals surface area contributed by atoms with Crippen molar-refractivity contribution in [2.75, 3.05) is 92.0 Å². The van der Waals surface area contributed by atoms with Gasteiger partial charge in [0.2, 0.25) is 53.2 Å². The Kier molecular flexibility index (Phi) is 40.4. The first-order valence-electron chi connectivity index (χ1n) is 32.3. The van der Waals surface area contributed by atoms with Crippen LogP contribution in [0.4, 0.5) is 0 Å². The second-order valence-corrected chi connectivity index (χ2v) is 23.3. The molecule has 536 valence electrons. The highest BCUT2D eigenvalue weighted by Crippen LogP contribution is 2.26. The lowest BCUT2D eigenvalue weighted by atomic mass is 9.97. The van der Waals surface area contributed by atoms with Gasteiger partial charge in [-0.2, -0.15) is 0 Å². The van der Waals surface area contributed by atoms with E-state index in [1.54, 1.807) is 6.92 Å². The third-order valence-corrected chi connectivity index (χ3v) is 15.5. The normalized spacial score (nSPS) is 26.5. The van der Waals surface area contributed by atoms with Crippen LogP contribution in [0.1, 0.15) is 130 Å². The summed E-state index contributed by atoms with van der Waals surface area (Å²) in [6.07, 6.45) is -8.62. The van der Waals surface area contributed by atoms with Gasteiger partial charge in [-0.3, -0.25) is 48.1 Å².